The highest BCUT2D eigenvalue weighted by molar-refractivity contribution is 5.92. The van der Waals surface area contributed by atoms with E-state index in [-0.39, 0.29) is 5.69 Å². The molecule has 3 nitrogen and oxygen atoms in total. The van der Waals surface area contributed by atoms with Crippen molar-refractivity contribution >= 4 is 10.9 Å². The van der Waals surface area contributed by atoms with Gasteiger partial charge in [0.2, 0.25) is 0 Å². The summed E-state index contributed by atoms with van der Waals surface area (Å²) in [5, 5.41) is 0.972. The minimum Gasteiger partial charge on any atom is -0.288 e. The van der Waals surface area contributed by atoms with Gasteiger partial charge in [-0.1, -0.05) is 54.6 Å². The Hall–Kier alpha value is -2.68. The predicted molar refractivity (Wildman–Crippen MR) is 81.6 cm³/mol. The summed E-state index contributed by atoms with van der Waals surface area (Å²) in [6.45, 7) is 4.16. The number of fused-ring (bicyclic) bond motifs is 1. The van der Waals surface area contributed by atoms with Crippen molar-refractivity contribution in [3.63, 3.8) is 0 Å². The van der Waals surface area contributed by atoms with Crippen molar-refractivity contribution in [2.45, 2.75) is 6.54 Å². The van der Waals surface area contributed by atoms with Gasteiger partial charge < -0.3 is 0 Å². The zero-order chi connectivity index (χ0) is 13.9. The molecule has 0 spiro atoms. The predicted octanol–water partition coefficient (Wildman–Crippen LogP) is 3.25. The second-order valence-electron chi connectivity index (χ2n) is 4.53. The zero-order valence-corrected chi connectivity index (χ0v) is 11.0. The molecule has 0 radical (unpaired) electrons. The summed E-state index contributed by atoms with van der Waals surface area (Å²) in [4.78, 5) is 16.5. The highest BCUT2D eigenvalue weighted by atomic mass is 16.1. The molecular weight excluding hydrogens is 248 g/mol. The molecule has 98 valence electrons. The quantitative estimate of drug-likeness (QED) is 0.679. The van der Waals surface area contributed by atoms with Gasteiger partial charge in [0.05, 0.1) is 11.2 Å². The molecule has 0 atom stereocenters. The number of hydrogen-bond donors (Lipinski definition) is 0. The lowest BCUT2D eigenvalue weighted by Crippen LogP contribution is -2.23. The molecule has 3 rings (SSSR count). The standard InChI is InChI=1S/C17H14N2O/c1-2-12-19-15-11-7-6-10-14(15)16(18-17(19)20)13-8-4-3-5-9-13/h2-11H,1,12H2. The molecule has 0 saturated carbocycles. The first-order valence-electron chi connectivity index (χ1n) is 6.47. The van der Waals surface area contributed by atoms with Crippen molar-refractivity contribution in [2.24, 2.45) is 0 Å². The molecular formula is C17H14N2O. The zero-order valence-electron chi connectivity index (χ0n) is 11.0. The highest BCUT2D eigenvalue weighted by Gasteiger charge is 2.10. The molecule has 0 amide bonds. The van der Waals surface area contributed by atoms with Crippen molar-refractivity contribution in [3.05, 3.63) is 77.7 Å². The van der Waals surface area contributed by atoms with Crippen LogP contribution in [0.5, 0.6) is 0 Å². The van der Waals surface area contributed by atoms with Crippen molar-refractivity contribution in [3.8, 4) is 11.3 Å². The van der Waals surface area contributed by atoms with E-state index < -0.39 is 0 Å². The average Bonchev–Trinajstić information content (AvgIpc) is 2.51. The third-order valence-corrected chi connectivity index (χ3v) is 3.25. The summed E-state index contributed by atoms with van der Waals surface area (Å²) in [6, 6.07) is 17.6. The van der Waals surface area contributed by atoms with Crippen LogP contribution in [0, 0.1) is 0 Å². The van der Waals surface area contributed by atoms with E-state index in [0.717, 1.165) is 22.2 Å². The van der Waals surface area contributed by atoms with Gasteiger partial charge in [-0.15, -0.1) is 6.58 Å². The van der Waals surface area contributed by atoms with Gasteiger partial charge in [-0.05, 0) is 6.07 Å². The first kappa shape index (κ1) is 12.4. The fraction of sp³-hybridized carbons (Fsp3) is 0.0588. The number of nitrogens with zero attached hydrogens (tertiary/aromatic N) is 2. The van der Waals surface area contributed by atoms with Crippen LogP contribution in [0.15, 0.2) is 72.0 Å². The Balaban J connectivity index is 2.38. The van der Waals surface area contributed by atoms with Crippen molar-refractivity contribution in [1.82, 2.24) is 9.55 Å². The largest absolute Gasteiger partial charge is 0.348 e. The molecule has 20 heavy (non-hydrogen) atoms. The minimum atomic E-state index is -0.248. The van der Waals surface area contributed by atoms with Crippen LogP contribution in [-0.2, 0) is 6.54 Å². The lowest BCUT2D eigenvalue weighted by atomic mass is 10.1. The van der Waals surface area contributed by atoms with E-state index in [1.807, 2.05) is 54.6 Å². The van der Waals surface area contributed by atoms with Gasteiger partial charge in [-0.3, -0.25) is 4.57 Å². The number of hydrogen-bond acceptors (Lipinski definition) is 2. The smallest absolute Gasteiger partial charge is 0.288 e. The molecule has 3 heteroatoms. The van der Waals surface area contributed by atoms with Gasteiger partial charge in [0.15, 0.2) is 0 Å². The normalized spacial score (nSPS) is 10.6. The van der Waals surface area contributed by atoms with Crippen LogP contribution >= 0.6 is 0 Å². The summed E-state index contributed by atoms with van der Waals surface area (Å²) < 4.78 is 1.63. The van der Waals surface area contributed by atoms with E-state index in [1.54, 1.807) is 10.6 Å². The van der Waals surface area contributed by atoms with Crippen LogP contribution in [0.25, 0.3) is 22.2 Å². The third-order valence-electron chi connectivity index (χ3n) is 3.25. The molecule has 0 unspecified atom stereocenters. The number of benzene rings is 2. The summed E-state index contributed by atoms with van der Waals surface area (Å²) in [7, 11) is 0. The molecule has 0 aliphatic heterocycles. The molecule has 0 saturated heterocycles. The number of aromatic nitrogens is 2. The number of rotatable bonds is 3. The Morgan fingerprint density at radius 1 is 1.05 bits per heavy atom. The van der Waals surface area contributed by atoms with Crippen LogP contribution in [0.3, 0.4) is 0 Å². The monoisotopic (exact) mass is 262 g/mol. The van der Waals surface area contributed by atoms with Crippen molar-refractivity contribution in [1.29, 1.82) is 0 Å². The molecule has 1 heterocycles. The molecule has 2 aromatic carbocycles. The van der Waals surface area contributed by atoms with Gasteiger partial charge in [0.1, 0.15) is 0 Å². The van der Waals surface area contributed by atoms with Crippen LogP contribution in [0.2, 0.25) is 0 Å². The van der Waals surface area contributed by atoms with E-state index in [4.69, 9.17) is 0 Å². The number of allylic oxidation sites excluding steroid dienone is 1. The summed E-state index contributed by atoms with van der Waals surface area (Å²) in [5.74, 6) is 0. The lowest BCUT2D eigenvalue weighted by Gasteiger charge is -2.11. The van der Waals surface area contributed by atoms with Crippen LogP contribution in [0.1, 0.15) is 0 Å². The maximum absolute atomic E-state index is 12.2. The fourth-order valence-electron chi connectivity index (χ4n) is 2.35. The molecule has 0 N–H and O–H groups in total. The van der Waals surface area contributed by atoms with E-state index in [2.05, 4.69) is 11.6 Å². The average molecular weight is 262 g/mol. The van der Waals surface area contributed by atoms with Gasteiger partial charge in [0.25, 0.3) is 0 Å². The second-order valence-corrected chi connectivity index (χ2v) is 4.53. The molecule has 0 bridgehead atoms. The Bertz CT molecular complexity index is 819. The van der Waals surface area contributed by atoms with Gasteiger partial charge in [0, 0.05) is 17.5 Å². The molecule has 0 aliphatic carbocycles. The third kappa shape index (κ3) is 2.03. The maximum Gasteiger partial charge on any atom is 0.348 e. The topological polar surface area (TPSA) is 34.9 Å². The SMILES string of the molecule is C=CCn1c(=O)nc(-c2ccccc2)c2ccccc21. The van der Waals surface area contributed by atoms with Crippen LogP contribution in [-0.4, -0.2) is 9.55 Å². The first-order valence-corrected chi connectivity index (χ1v) is 6.47. The van der Waals surface area contributed by atoms with Crippen LogP contribution in [0.4, 0.5) is 0 Å². The Morgan fingerprint density at radius 3 is 2.50 bits per heavy atom. The summed E-state index contributed by atoms with van der Waals surface area (Å²) in [5.41, 5.74) is 2.31. The van der Waals surface area contributed by atoms with Crippen molar-refractivity contribution < 1.29 is 0 Å². The van der Waals surface area contributed by atoms with E-state index >= 15 is 0 Å². The van der Waals surface area contributed by atoms with Gasteiger partial charge in [-0.2, -0.15) is 4.98 Å². The maximum atomic E-state index is 12.2. The second kappa shape index (κ2) is 5.13. The van der Waals surface area contributed by atoms with Gasteiger partial charge >= 0.3 is 5.69 Å². The Labute approximate surface area is 116 Å². The summed E-state index contributed by atoms with van der Waals surface area (Å²) >= 11 is 0. The van der Waals surface area contributed by atoms with Crippen molar-refractivity contribution in [2.75, 3.05) is 0 Å². The van der Waals surface area contributed by atoms with E-state index in [0.29, 0.717) is 6.54 Å². The Morgan fingerprint density at radius 2 is 1.75 bits per heavy atom. The van der Waals surface area contributed by atoms with Crippen LogP contribution < -0.4 is 5.69 Å². The lowest BCUT2D eigenvalue weighted by molar-refractivity contribution is 0.783. The number of para-hydroxylation sites is 1. The molecule has 3 aromatic rings. The first-order chi connectivity index (χ1) is 9.81. The highest BCUT2D eigenvalue weighted by Crippen LogP contribution is 2.24. The fourth-order valence-corrected chi connectivity index (χ4v) is 2.35. The molecule has 0 aliphatic rings. The summed E-state index contributed by atoms with van der Waals surface area (Å²) in [6.07, 6.45) is 1.71. The Kier molecular flexibility index (Phi) is 3.17. The molecule has 0 fully saturated rings. The molecule has 1 aromatic heterocycles. The minimum absolute atomic E-state index is 0.248. The van der Waals surface area contributed by atoms with Gasteiger partial charge in [-0.25, -0.2) is 4.79 Å². The van der Waals surface area contributed by atoms with E-state index in [9.17, 15) is 4.79 Å². The van der Waals surface area contributed by atoms with E-state index in [1.165, 1.54) is 0 Å².